The third-order valence-corrected chi connectivity index (χ3v) is 2.38. The lowest BCUT2D eigenvalue weighted by Crippen LogP contribution is -1.97. The van der Waals surface area contributed by atoms with E-state index >= 15 is 0 Å². The van der Waals surface area contributed by atoms with Crippen molar-refractivity contribution < 1.29 is 14.3 Å². The van der Waals surface area contributed by atoms with Gasteiger partial charge in [0.05, 0.1) is 13.7 Å². The molecule has 0 N–H and O–H groups in total. The summed E-state index contributed by atoms with van der Waals surface area (Å²) in [4.78, 5) is 10.8. The Labute approximate surface area is 94.4 Å². The van der Waals surface area contributed by atoms with Crippen LogP contribution in [0.4, 0.5) is 0 Å². The summed E-state index contributed by atoms with van der Waals surface area (Å²) in [6, 6.07) is 5.82. The highest BCUT2D eigenvalue weighted by molar-refractivity contribution is 5.72. The van der Waals surface area contributed by atoms with E-state index < -0.39 is 0 Å². The Morgan fingerprint density at radius 2 is 2.44 bits per heavy atom. The minimum atomic E-state index is -0.308. The van der Waals surface area contributed by atoms with E-state index in [1.165, 1.54) is 12.7 Å². The van der Waals surface area contributed by atoms with Gasteiger partial charge in [0.25, 0.3) is 0 Å². The summed E-state index contributed by atoms with van der Waals surface area (Å²) in [5.41, 5.74) is 2.10. The lowest BCUT2D eigenvalue weighted by atomic mass is 10.1. The molecule has 0 spiro atoms. The first kappa shape index (κ1) is 10.6. The summed E-state index contributed by atoms with van der Waals surface area (Å²) < 4.78 is 9.89. The summed E-state index contributed by atoms with van der Waals surface area (Å²) >= 11 is 0. The molecule has 3 nitrogen and oxygen atoms in total. The zero-order valence-electron chi connectivity index (χ0n) is 9.08. The lowest BCUT2D eigenvalue weighted by molar-refractivity contribution is -0.139. The van der Waals surface area contributed by atoms with Gasteiger partial charge in [0.2, 0.25) is 0 Å². The first-order chi connectivity index (χ1) is 7.79. The zero-order chi connectivity index (χ0) is 11.4. The molecule has 1 aromatic rings. The average Bonchev–Trinajstić information content (AvgIpc) is 2.76. The summed E-state index contributed by atoms with van der Waals surface area (Å²) in [7, 11) is 1.36. The minimum absolute atomic E-state index is 0.129. The van der Waals surface area contributed by atoms with E-state index in [0.717, 1.165) is 24.3 Å². The number of fused-ring (bicyclic) bond motifs is 1. The zero-order valence-corrected chi connectivity index (χ0v) is 9.08. The summed E-state index contributed by atoms with van der Waals surface area (Å²) in [6.45, 7) is 0.744. The van der Waals surface area contributed by atoms with Gasteiger partial charge in [-0.25, -0.2) is 0 Å². The van der Waals surface area contributed by atoms with Crippen molar-refractivity contribution in [1.29, 1.82) is 0 Å². The van der Waals surface area contributed by atoms with Crippen molar-refractivity contribution in [2.45, 2.75) is 12.8 Å². The number of benzene rings is 1. The molecule has 1 aliphatic rings. The molecule has 3 heteroatoms. The Kier molecular flexibility index (Phi) is 3.11. The van der Waals surface area contributed by atoms with Gasteiger partial charge >= 0.3 is 5.97 Å². The maximum atomic E-state index is 10.8. The summed E-state index contributed by atoms with van der Waals surface area (Å²) in [5.74, 6) is 6.35. The van der Waals surface area contributed by atoms with Crippen LogP contribution in [0.5, 0.6) is 5.75 Å². The Balaban J connectivity index is 2.07. The fraction of sp³-hybridized carbons (Fsp3) is 0.308. The van der Waals surface area contributed by atoms with Crippen LogP contribution >= 0.6 is 0 Å². The predicted molar refractivity (Wildman–Crippen MR) is 59.2 cm³/mol. The van der Waals surface area contributed by atoms with E-state index in [9.17, 15) is 4.79 Å². The molecule has 0 amide bonds. The van der Waals surface area contributed by atoms with E-state index in [-0.39, 0.29) is 12.4 Å². The molecule has 0 aromatic heterocycles. The molecule has 0 radical (unpaired) electrons. The van der Waals surface area contributed by atoms with Crippen LogP contribution in [0.2, 0.25) is 0 Å². The number of ether oxygens (including phenoxy) is 2. The monoisotopic (exact) mass is 216 g/mol. The molecular formula is C13H12O3. The van der Waals surface area contributed by atoms with Crippen LogP contribution in [-0.4, -0.2) is 19.7 Å². The average molecular weight is 216 g/mol. The molecule has 0 saturated heterocycles. The van der Waals surface area contributed by atoms with Crippen LogP contribution in [-0.2, 0) is 16.0 Å². The van der Waals surface area contributed by atoms with Crippen LogP contribution < -0.4 is 4.74 Å². The van der Waals surface area contributed by atoms with Gasteiger partial charge in [0.1, 0.15) is 12.2 Å². The number of carbonyl (C=O) groups is 1. The number of carbonyl (C=O) groups excluding carboxylic acids is 1. The maximum absolute atomic E-state index is 10.8. The molecule has 1 aromatic carbocycles. The summed E-state index contributed by atoms with van der Waals surface area (Å²) in [6.07, 6.45) is 1.06. The highest BCUT2D eigenvalue weighted by Crippen LogP contribution is 2.25. The first-order valence-electron chi connectivity index (χ1n) is 5.11. The molecule has 0 unspecified atom stereocenters. The summed E-state index contributed by atoms with van der Waals surface area (Å²) in [5, 5.41) is 0. The predicted octanol–water partition coefficient (Wildman–Crippen LogP) is 1.54. The van der Waals surface area contributed by atoms with Crippen LogP contribution in [0.3, 0.4) is 0 Å². The Morgan fingerprint density at radius 1 is 1.56 bits per heavy atom. The topological polar surface area (TPSA) is 35.5 Å². The lowest BCUT2D eigenvalue weighted by Gasteiger charge is -1.97. The van der Waals surface area contributed by atoms with Gasteiger partial charge in [-0.15, -0.1) is 0 Å². The number of esters is 1. The normalized spacial score (nSPS) is 12.1. The Bertz CT molecular complexity index is 466. The minimum Gasteiger partial charge on any atom is -0.493 e. The quantitative estimate of drug-likeness (QED) is 0.527. The number of hydrogen-bond acceptors (Lipinski definition) is 3. The van der Waals surface area contributed by atoms with Crippen LogP contribution in [0, 0.1) is 11.8 Å². The SMILES string of the molecule is COC(=O)CC#Cc1ccc2c(c1)CCO2. The molecule has 16 heavy (non-hydrogen) atoms. The van der Waals surface area contributed by atoms with Crippen molar-refractivity contribution in [1.82, 2.24) is 0 Å². The third kappa shape index (κ3) is 2.34. The molecule has 0 atom stereocenters. The number of rotatable bonds is 1. The molecular weight excluding hydrogens is 204 g/mol. The first-order valence-corrected chi connectivity index (χ1v) is 5.11. The van der Waals surface area contributed by atoms with Crippen molar-refractivity contribution >= 4 is 5.97 Å². The van der Waals surface area contributed by atoms with Crippen molar-refractivity contribution in [2.24, 2.45) is 0 Å². The standard InChI is InChI=1S/C13H12O3/c1-15-13(14)4-2-3-10-5-6-12-11(9-10)7-8-16-12/h5-6,9H,4,7-8H2,1H3. The molecule has 0 saturated carbocycles. The largest absolute Gasteiger partial charge is 0.493 e. The van der Waals surface area contributed by atoms with Gasteiger partial charge in [0.15, 0.2) is 0 Å². The molecule has 0 fully saturated rings. The molecule has 1 aliphatic heterocycles. The van der Waals surface area contributed by atoms with Crippen molar-refractivity contribution in [2.75, 3.05) is 13.7 Å². The second-order valence-electron chi connectivity index (χ2n) is 3.48. The van der Waals surface area contributed by atoms with Crippen LogP contribution in [0.25, 0.3) is 0 Å². The molecule has 0 aliphatic carbocycles. The smallest absolute Gasteiger partial charge is 0.317 e. The fourth-order valence-electron chi connectivity index (χ4n) is 1.55. The maximum Gasteiger partial charge on any atom is 0.317 e. The second-order valence-corrected chi connectivity index (χ2v) is 3.48. The van der Waals surface area contributed by atoms with E-state index in [4.69, 9.17) is 4.74 Å². The van der Waals surface area contributed by atoms with E-state index in [1.54, 1.807) is 0 Å². The van der Waals surface area contributed by atoms with Crippen LogP contribution in [0.15, 0.2) is 18.2 Å². The van der Waals surface area contributed by atoms with E-state index in [0.29, 0.717) is 0 Å². The molecule has 82 valence electrons. The third-order valence-electron chi connectivity index (χ3n) is 2.38. The van der Waals surface area contributed by atoms with E-state index in [1.807, 2.05) is 18.2 Å². The van der Waals surface area contributed by atoms with Crippen molar-refractivity contribution in [3.8, 4) is 17.6 Å². The van der Waals surface area contributed by atoms with Gasteiger partial charge in [-0.05, 0) is 23.8 Å². The Morgan fingerprint density at radius 3 is 3.25 bits per heavy atom. The van der Waals surface area contributed by atoms with Gasteiger partial charge in [-0.3, -0.25) is 4.79 Å². The number of methoxy groups -OCH3 is 1. The molecule has 2 rings (SSSR count). The Hall–Kier alpha value is -1.95. The van der Waals surface area contributed by atoms with Gasteiger partial charge in [-0.1, -0.05) is 11.8 Å². The van der Waals surface area contributed by atoms with Crippen molar-refractivity contribution in [3.05, 3.63) is 29.3 Å². The molecule has 1 heterocycles. The molecule has 0 bridgehead atoms. The van der Waals surface area contributed by atoms with Crippen LogP contribution in [0.1, 0.15) is 17.5 Å². The fourth-order valence-corrected chi connectivity index (χ4v) is 1.55. The highest BCUT2D eigenvalue weighted by atomic mass is 16.5. The van der Waals surface area contributed by atoms with Gasteiger partial charge in [-0.2, -0.15) is 0 Å². The van der Waals surface area contributed by atoms with Gasteiger partial charge in [0, 0.05) is 12.0 Å². The second kappa shape index (κ2) is 4.71. The number of hydrogen-bond donors (Lipinski definition) is 0. The van der Waals surface area contributed by atoms with Crippen molar-refractivity contribution in [3.63, 3.8) is 0 Å². The highest BCUT2D eigenvalue weighted by Gasteiger charge is 2.10. The van der Waals surface area contributed by atoms with E-state index in [2.05, 4.69) is 16.6 Å². The van der Waals surface area contributed by atoms with Gasteiger partial charge < -0.3 is 9.47 Å².